The van der Waals surface area contributed by atoms with Crippen molar-refractivity contribution in [3.05, 3.63) is 0 Å². The second-order valence-electron chi connectivity index (χ2n) is 2.62. The van der Waals surface area contributed by atoms with Crippen molar-refractivity contribution in [1.82, 2.24) is 5.32 Å². The summed E-state index contributed by atoms with van der Waals surface area (Å²) in [6.45, 7) is 2.67. The normalized spacial score (nSPS) is 12.6. The molecule has 0 radical (unpaired) electrons. The lowest BCUT2D eigenvalue weighted by molar-refractivity contribution is -0.118. The first-order valence-electron chi connectivity index (χ1n) is 4.10. The van der Waals surface area contributed by atoms with Gasteiger partial charge in [0.05, 0.1) is 11.1 Å². The summed E-state index contributed by atoms with van der Waals surface area (Å²) in [5, 5.41) is 2.86. The Hall–Kier alpha value is 0.110. The molecule has 0 spiro atoms. The lowest BCUT2D eigenvalue weighted by Crippen LogP contribution is -2.30. The van der Waals surface area contributed by atoms with Crippen LogP contribution in [0, 0.1) is 0 Å². The van der Waals surface area contributed by atoms with Crippen LogP contribution in [-0.2, 0) is 4.79 Å². The van der Waals surface area contributed by atoms with E-state index in [4.69, 9.17) is 11.6 Å². The SMILES string of the molecule is CCCC(Cl)CNC(=O)CSC. The van der Waals surface area contributed by atoms with Gasteiger partial charge in [-0.3, -0.25) is 4.79 Å². The summed E-state index contributed by atoms with van der Waals surface area (Å²) in [5.74, 6) is 0.597. The van der Waals surface area contributed by atoms with Crippen LogP contribution in [0.1, 0.15) is 19.8 Å². The first-order valence-corrected chi connectivity index (χ1v) is 5.93. The van der Waals surface area contributed by atoms with Crippen molar-refractivity contribution in [3.8, 4) is 0 Å². The van der Waals surface area contributed by atoms with E-state index in [0.717, 1.165) is 12.8 Å². The van der Waals surface area contributed by atoms with Crippen molar-refractivity contribution in [2.45, 2.75) is 25.1 Å². The summed E-state index contributed by atoms with van der Waals surface area (Å²) in [6.07, 6.45) is 3.93. The zero-order valence-corrected chi connectivity index (χ0v) is 9.17. The Labute approximate surface area is 83.4 Å². The number of hydrogen-bond acceptors (Lipinski definition) is 2. The van der Waals surface area contributed by atoms with Crippen LogP contribution in [0.5, 0.6) is 0 Å². The molecule has 1 N–H and O–H groups in total. The van der Waals surface area contributed by atoms with Crippen LogP contribution in [0.2, 0.25) is 0 Å². The van der Waals surface area contributed by atoms with Gasteiger partial charge in [0.25, 0.3) is 0 Å². The van der Waals surface area contributed by atoms with Crippen molar-refractivity contribution in [3.63, 3.8) is 0 Å². The molecule has 0 aliphatic carbocycles. The van der Waals surface area contributed by atoms with E-state index < -0.39 is 0 Å². The van der Waals surface area contributed by atoms with E-state index in [1.807, 2.05) is 6.26 Å². The topological polar surface area (TPSA) is 29.1 Å². The van der Waals surface area contributed by atoms with E-state index in [2.05, 4.69) is 12.2 Å². The minimum Gasteiger partial charge on any atom is -0.354 e. The number of hydrogen-bond donors (Lipinski definition) is 1. The molecule has 0 saturated heterocycles. The number of rotatable bonds is 6. The van der Waals surface area contributed by atoms with Gasteiger partial charge < -0.3 is 5.32 Å². The van der Waals surface area contributed by atoms with Crippen LogP contribution in [0.25, 0.3) is 0 Å². The molecule has 0 aromatic carbocycles. The number of halogens is 1. The molecule has 0 aromatic rings. The van der Waals surface area contributed by atoms with Crippen molar-refractivity contribution in [2.75, 3.05) is 18.6 Å². The summed E-state index contributed by atoms with van der Waals surface area (Å²) in [6, 6.07) is 0. The molecule has 0 bridgehead atoms. The zero-order chi connectivity index (χ0) is 9.40. The Bertz CT molecular complexity index is 132. The highest BCUT2D eigenvalue weighted by Gasteiger charge is 2.04. The third kappa shape index (κ3) is 6.80. The molecule has 0 aliphatic heterocycles. The average Bonchev–Trinajstić information content (AvgIpc) is 2.02. The molecule has 1 amide bonds. The molecule has 0 saturated carbocycles. The number of alkyl halides is 1. The standard InChI is InChI=1S/C8H16ClNOS/c1-3-4-7(9)5-10-8(11)6-12-2/h7H,3-6H2,1-2H3,(H,10,11). The quantitative estimate of drug-likeness (QED) is 0.677. The highest BCUT2D eigenvalue weighted by Crippen LogP contribution is 2.03. The predicted octanol–water partition coefficient (Wildman–Crippen LogP) is 1.87. The Balaban J connectivity index is 3.33. The van der Waals surface area contributed by atoms with Gasteiger partial charge in [-0.05, 0) is 12.7 Å². The maximum absolute atomic E-state index is 11.0. The smallest absolute Gasteiger partial charge is 0.230 e. The largest absolute Gasteiger partial charge is 0.354 e. The van der Waals surface area contributed by atoms with Gasteiger partial charge in [0.1, 0.15) is 0 Å². The Morgan fingerprint density at radius 3 is 2.83 bits per heavy atom. The maximum Gasteiger partial charge on any atom is 0.230 e. The molecule has 0 aliphatic rings. The molecule has 0 fully saturated rings. The maximum atomic E-state index is 11.0. The van der Waals surface area contributed by atoms with E-state index in [1.165, 1.54) is 11.8 Å². The first kappa shape index (κ1) is 12.1. The molecule has 0 rings (SSSR count). The first-order chi connectivity index (χ1) is 5.70. The van der Waals surface area contributed by atoms with E-state index >= 15 is 0 Å². The van der Waals surface area contributed by atoms with Gasteiger partial charge in [-0.1, -0.05) is 13.3 Å². The molecule has 72 valence electrons. The second kappa shape index (κ2) is 7.74. The summed E-state index contributed by atoms with van der Waals surface area (Å²) in [4.78, 5) is 11.0. The van der Waals surface area contributed by atoms with E-state index in [-0.39, 0.29) is 11.3 Å². The molecule has 2 nitrogen and oxygen atoms in total. The van der Waals surface area contributed by atoms with Crippen molar-refractivity contribution in [2.24, 2.45) is 0 Å². The van der Waals surface area contributed by atoms with Gasteiger partial charge in [-0.2, -0.15) is 11.8 Å². The van der Waals surface area contributed by atoms with E-state index in [0.29, 0.717) is 12.3 Å². The van der Waals surface area contributed by atoms with Gasteiger partial charge in [0.15, 0.2) is 0 Å². The van der Waals surface area contributed by atoms with Crippen molar-refractivity contribution >= 4 is 29.3 Å². The molecule has 12 heavy (non-hydrogen) atoms. The number of amides is 1. The van der Waals surface area contributed by atoms with Crippen LogP contribution in [0.15, 0.2) is 0 Å². The van der Waals surface area contributed by atoms with Crippen LogP contribution in [0.4, 0.5) is 0 Å². The van der Waals surface area contributed by atoms with Gasteiger partial charge >= 0.3 is 0 Å². The predicted molar refractivity (Wildman–Crippen MR) is 55.9 cm³/mol. The van der Waals surface area contributed by atoms with E-state index in [1.54, 1.807) is 0 Å². The lowest BCUT2D eigenvalue weighted by atomic mass is 10.2. The molecular weight excluding hydrogens is 194 g/mol. The Morgan fingerprint density at radius 2 is 2.33 bits per heavy atom. The number of nitrogens with one attached hydrogen (secondary N) is 1. The molecule has 0 heterocycles. The highest BCUT2D eigenvalue weighted by atomic mass is 35.5. The minimum absolute atomic E-state index is 0.0734. The number of thioether (sulfide) groups is 1. The summed E-state index contributed by atoms with van der Waals surface area (Å²) in [5.41, 5.74) is 0. The van der Waals surface area contributed by atoms with Crippen LogP contribution in [0.3, 0.4) is 0 Å². The zero-order valence-electron chi connectivity index (χ0n) is 7.60. The van der Waals surface area contributed by atoms with Gasteiger partial charge in [-0.15, -0.1) is 11.6 Å². The van der Waals surface area contributed by atoms with Crippen LogP contribution in [-0.4, -0.2) is 29.8 Å². The van der Waals surface area contributed by atoms with Gasteiger partial charge in [0.2, 0.25) is 5.91 Å². The number of carbonyl (C=O) groups is 1. The summed E-state index contributed by atoms with van der Waals surface area (Å²) >= 11 is 7.42. The fourth-order valence-electron chi connectivity index (χ4n) is 0.822. The fourth-order valence-corrected chi connectivity index (χ4v) is 1.48. The monoisotopic (exact) mass is 209 g/mol. The second-order valence-corrected chi connectivity index (χ2v) is 4.11. The highest BCUT2D eigenvalue weighted by molar-refractivity contribution is 7.99. The molecule has 1 unspecified atom stereocenters. The van der Waals surface area contributed by atoms with Crippen LogP contribution < -0.4 is 5.32 Å². The van der Waals surface area contributed by atoms with Crippen molar-refractivity contribution in [1.29, 1.82) is 0 Å². The third-order valence-electron chi connectivity index (χ3n) is 1.40. The van der Waals surface area contributed by atoms with Crippen LogP contribution >= 0.6 is 23.4 Å². The lowest BCUT2D eigenvalue weighted by Gasteiger charge is -2.08. The molecule has 1 atom stereocenters. The van der Waals surface area contributed by atoms with Gasteiger partial charge in [0, 0.05) is 6.54 Å². The molecular formula is C8H16ClNOS. The number of carbonyl (C=O) groups excluding carboxylic acids is 1. The van der Waals surface area contributed by atoms with E-state index in [9.17, 15) is 4.79 Å². The summed E-state index contributed by atoms with van der Waals surface area (Å²) in [7, 11) is 0. The Morgan fingerprint density at radius 1 is 1.67 bits per heavy atom. The Kier molecular flexibility index (Phi) is 7.81. The molecule has 4 heteroatoms. The third-order valence-corrected chi connectivity index (χ3v) is 2.32. The fraction of sp³-hybridized carbons (Fsp3) is 0.875. The molecule has 0 aromatic heterocycles. The minimum atomic E-state index is 0.0734. The average molecular weight is 210 g/mol. The summed E-state index contributed by atoms with van der Waals surface area (Å²) < 4.78 is 0. The van der Waals surface area contributed by atoms with Crippen molar-refractivity contribution < 1.29 is 4.79 Å². The van der Waals surface area contributed by atoms with Gasteiger partial charge in [-0.25, -0.2) is 0 Å².